The third-order valence-electron chi connectivity index (χ3n) is 11.1. The fourth-order valence-electron chi connectivity index (χ4n) is 8.67. The summed E-state index contributed by atoms with van der Waals surface area (Å²) in [4.78, 5) is 20.9. The summed E-state index contributed by atoms with van der Waals surface area (Å²) in [6.45, 7) is 0. The van der Waals surface area contributed by atoms with E-state index < -0.39 is 0 Å². The van der Waals surface area contributed by atoms with Gasteiger partial charge in [-0.05, 0) is 113 Å². The molecule has 0 spiro atoms. The summed E-state index contributed by atoms with van der Waals surface area (Å²) >= 11 is 1.73. The molecular weight excluding hydrogens is 695 g/mol. The van der Waals surface area contributed by atoms with Crippen LogP contribution in [0.3, 0.4) is 0 Å². The summed E-state index contributed by atoms with van der Waals surface area (Å²) in [6.07, 6.45) is 3.76. The Labute approximate surface area is 318 Å². The van der Waals surface area contributed by atoms with Crippen molar-refractivity contribution in [2.45, 2.75) is 0 Å². The number of thiazole rings is 1. The van der Waals surface area contributed by atoms with E-state index >= 15 is 0 Å². The third kappa shape index (κ3) is 4.49. The molecule has 0 saturated heterocycles. The maximum Gasteiger partial charge on any atom is 0.317 e. The lowest BCUT2D eigenvalue weighted by atomic mass is 9.82. The molecule has 0 bridgehead atoms. The van der Waals surface area contributed by atoms with Gasteiger partial charge in [0.25, 0.3) is 5.75 Å². The quantitative estimate of drug-likeness (QED) is 0.0785. The molecule has 11 aromatic rings. The minimum Gasteiger partial charge on any atom is -0.256 e. The van der Waals surface area contributed by atoms with Crippen molar-refractivity contribution >= 4 is 75.7 Å². The van der Waals surface area contributed by atoms with Crippen molar-refractivity contribution in [2.75, 3.05) is 0 Å². The molecule has 12 rings (SSSR count). The van der Waals surface area contributed by atoms with E-state index in [0.717, 1.165) is 54.6 Å². The average molecular weight is 723 g/mol. The van der Waals surface area contributed by atoms with E-state index in [1.54, 1.807) is 16.1 Å². The Morgan fingerprint density at radius 2 is 1.18 bits per heavy atom. The molecule has 256 valence electrons. The van der Waals surface area contributed by atoms with E-state index in [1.165, 1.54) is 53.7 Å². The minimum atomic E-state index is 0.703. The summed E-state index contributed by atoms with van der Waals surface area (Å²) in [7, 11) is 0. The Morgan fingerprint density at radius 3 is 2.09 bits per heavy atom. The number of fused-ring (bicyclic) bond motifs is 6. The lowest BCUT2D eigenvalue weighted by Crippen LogP contribution is -2.39. The van der Waals surface area contributed by atoms with Crippen molar-refractivity contribution in [2.24, 2.45) is 0 Å². The zero-order valence-corrected chi connectivity index (χ0v) is 30.0. The zero-order valence-electron chi connectivity index (χ0n) is 29.2. The molecule has 0 atom stereocenters. The molecule has 0 unspecified atom stereocenters. The molecule has 0 amide bonds. The van der Waals surface area contributed by atoms with Crippen molar-refractivity contribution in [3.05, 3.63) is 170 Å². The van der Waals surface area contributed by atoms with Crippen molar-refractivity contribution in [3.8, 4) is 49.7 Å². The van der Waals surface area contributed by atoms with Gasteiger partial charge in [-0.25, -0.2) is 9.87 Å². The van der Waals surface area contributed by atoms with Gasteiger partial charge in [-0.2, -0.15) is 0 Å². The smallest absolute Gasteiger partial charge is 0.256 e. The lowest BCUT2D eigenvalue weighted by molar-refractivity contribution is -0.916. The number of hydrogen-bond acceptors (Lipinski definition) is 5. The summed E-state index contributed by atoms with van der Waals surface area (Å²) in [5.41, 5.74) is 11.1. The predicted octanol–water partition coefficient (Wildman–Crippen LogP) is 12.1. The fourth-order valence-corrected chi connectivity index (χ4v) is 9.64. The number of pyridine rings is 2. The van der Waals surface area contributed by atoms with Crippen LogP contribution in [0.25, 0.3) is 108 Å². The highest BCUT2D eigenvalue weighted by molar-refractivity contribution is 7.21. The molecule has 0 N–H and O–H groups in total. The SMILES string of the molecule is c1ccc2sc(-c3ccc(-c4cccc5c4ccc4c(-c6cccc7ncccc67)c6ccccc6c(-c6ccc7c8c6ccc[n+]8OO7)c45)cc3)nc2c1. The van der Waals surface area contributed by atoms with Gasteiger partial charge in [0.2, 0.25) is 6.20 Å². The normalized spacial score (nSPS) is 12.3. The summed E-state index contributed by atoms with van der Waals surface area (Å²) in [5, 5.41) is 10.3. The molecule has 55 heavy (non-hydrogen) atoms. The topological polar surface area (TPSA) is 48.1 Å². The highest BCUT2D eigenvalue weighted by atomic mass is 32.1. The second-order valence-electron chi connectivity index (χ2n) is 14.0. The number of nitrogens with zero attached hydrogens (tertiary/aromatic N) is 3. The minimum absolute atomic E-state index is 0.703. The van der Waals surface area contributed by atoms with Gasteiger partial charge in [0.1, 0.15) is 5.01 Å². The Hall–Kier alpha value is -7.15. The Morgan fingerprint density at radius 1 is 0.473 bits per heavy atom. The Kier molecular flexibility index (Phi) is 6.44. The van der Waals surface area contributed by atoms with Gasteiger partial charge in [0.15, 0.2) is 0 Å². The molecule has 0 aliphatic carbocycles. The molecule has 1 aliphatic rings. The first kappa shape index (κ1) is 30.3. The summed E-state index contributed by atoms with van der Waals surface area (Å²) in [6, 6.07) is 56.4. The average Bonchev–Trinajstić information content (AvgIpc) is 3.88. The monoisotopic (exact) mass is 722 g/mol. The van der Waals surface area contributed by atoms with Crippen LogP contribution in [0.2, 0.25) is 0 Å². The van der Waals surface area contributed by atoms with Gasteiger partial charge in [-0.1, -0.05) is 109 Å². The van der Waals surface area contributed by atoms with Crippen LogP contribution in [0.1, 0.15) is 0 Å². The molecule has 5 nitrogen and oxygen atoms in total. The molecule has 0 fully saturated rings. The molecule has 8 aromatic carbocycles. The standard InChI is InChI=1S/C49H28N3O2S/c1-2-10-37-36(9-1)45(35-13-6-17-41-33(35)14-7-27-50-41)40-24-23-32-31(29-19-21-30(22-20-29)49-51-42-16-3-4-18-44(42)55-49)11-5-12-34(32)47(40)46(37)38-25-26-43-48-39(38)15-8-28-52(48)54-53-43/h1-28H/q+1. The van der Waals surface area contributed by atoms with Gasteiger partial charge in [0.05, 0.1) is 25.8 Å². The third-order valence-corrected chi connectivity index (χ3v) is 12.1. The molecule has 1 aliphatic heterocycles. The maximum atomic E-state index is 5.64. The second-order valence-corrected chi connectivity index (χ2v) is 15.0. The number of para-hydroxylation sites is 1. The van der Waals surface area contributed by atoms with Crippen molar-refractivity contribution in [1.82, 2.24) is 9.97 Å². The van der Waals surface area contributed by atoms with Crippen molar-refractivity contribution in [3.63, 3.8) is 0 Å². The highest BCUT2D eigenvalue weighted by Gasteiger charge is 2.30. The Balaban J connectivity index is 1.18. The molecule has 0 radical (unpaired) electrons. The van der Waals surface area contributed by atoms with Crippen molar-refractivity contribution < 1.29 is 14.6 Å². The zero-order chi connectivity index (χ0) is 36.0. The molecule has 6 heteroatoms. The van der Waals surface area contributed by atoms with Crippen LogP contribution in [-0.2, 0) is 0 Å². The van der Waals surface area contributed by atoms with Crippen LogP contribution < -0.4 is 14.6 Å². The predicted molar refractivity (Wildman–Crippen MR) is 224 cm³/mol. The number of aromatic nitrogens is 3. The van der Waals surface area contributed by atoms with Gasteiger partial charge >= 0.3 is 5.52 Å². The van der Waals surface area contributed by atoms with Gasteiger partial charge < -0.3 is 0 Å². The molecule has 4 heterocycles. The fraction of sp³-hybridized carbons (Fsp3) is 0. The van der Waals surface area contributed by atoms with E-state index in [9.17, 15) is 0 Å². The number of hydrogen-bond donors (Lipinski definition) is 0. The van der Waals surface area contributed by atoms with E-state index in [2.05, 4.69) is 133 Å². The van der Waals surface area contributed by atoms with Crippen LogP contribution in [0.15, 0.2) is 170 Å². The van der Waals surface area contributed by atoms with Crippen LogP contribution in [0, 0.1) is 0 Å². The van der Waals surface area contributed by atoms with E-state index in [0.29, 0.717) is 5.75 Å². The molecule has 3 aromatic heterocycles. The summed E-state index contributed by atoms with van der Waals surface area (Å²) < 4.78 is 2.91. The molecule has 0 saturated carbocycles. The lowest BCUT2D eigenvalue weighted by Gasteiger charge is -2.21. The summed E-state index contributed by atoms with van der Waals surface area (Å²) in [5.74, 6) is 0.703. The van der Waals surface area contributed by atoms with Crippen LogP contribution >= 0.6 is 11.3 Å². The maximum absolute atomic E-state index is 5.64. The molecular formula is C49H28N3O2S+. The number of rotatable bonds is 4. The van der Waals surface area contributed by atoms with E-state index in [4.69, 9.17) is 19.8 Å². The number of benzene rings is 8. The second kappa shape index (κ2) is 11.7. The Bertz CT molecular complexity index is 3340. The highest BCUT2D eigenvalue weighted by Crippen LogP contribution is 2.50. The first-order chi connectivity index (χ1) is 27.3. The van der Waals surface area contributed by atoms with Gasteiger partial charge in [-0.15, -0.1) is 11.3 Å². The van der Waals surface area contributed by atoms with Gasteiger partial charge in [-0.3, -0.25) is 4.98 Å². The van der Waals surface area contributed by atoms with Crippen molar-refractivity contribution in [1.29, 1.82) is 0 Å². The first-order valence-corrected chi connectivity index (χ1v) is 19.1. The first-order valence-electron chi connectivity index (χ1n) is 18.3. The van der Waals surface area contributed by atoms with Gasteiger partial charge in [0, 0.05) is 23.2 Å². The van der Waals surface area contributed by atoms with E-state index in [-0.39, 0.29) is 0 Å². The van der Waals surface area contributed by atoms with E-state index in [1.807, 2.05) is 36.7 Å². The largest absolute Gasteiger partial charge is 0.317 e. The van der Waals surface area contributed by atoms with Crippen LogP contribution in [0.4, 0.5) is 0 Å². The van der Waals surface area contributed by atoms with Crippen LogP contribution in [-0.4, -0.2) is 9.97 Å². The van der Waals surface area contributed by atoms with Crippen LogP contribution in [0.5, 0.6) is 5.75 Å².